The van der Waals surface area contributed by atoms with Crippen molar-refractivity contribution >= 4 is 11.9 Å². The van der Waals surface area contributed by atoms with E-state index in [4.69, 9.17) is 9.47 Å². The highest BCUT2D eigenvalue weighted by atomic mass is 19.1. The predicted molar refractivity (Wildman–Crippen MR) is 92.2 cm³/mol. The van der Waals surface area contributed by atoms with Gasteiger partial charge >= 0.3 is 6.09 Å². The minimum absolute atomic E-state index is 0.0657. The molecule has 0 saturated carbocycles. The number of hydrogen-bond donors (Lipinski definition) is 0. The van der Waals surface area contributed by atoms with Gasteiger partial charge in [0.15, 0.2) is 5.78 Å². The molecule has 1 aliphatic rings. The number of rotatable bonds is 4. The number of morpholine rings is 1. The van der Waals surface area contributed by atoms with Gasteiger partial charge < -0.3 is 14.4 Å². The summed E-state index contributed by atoms with van der Waals surface area (Å²) in [4.78, 5) is 25.8. The van der Waals surface area contributed by atoms with Crippen LogP contribution in [-0.4, -0.2) is 48.2 Å². The largest absolute Gasteiger partial charge is 0.444 e. The second-order valence-electron chi connectivity index (χ2n) is 7.48. The number of carbonyl (C=O) groups excluding carboxylic acids is 2. The average molecular weight is 369 g/mol. The SMILES string of the molecule is Cc1cc(F)c(C(=O)CC[C@H]2CN(C(=O)OC(C)(C)C)CCO2)c(F)c1. The smallest absolute Gasteiger partial charge is 0.410 e. The quantitative estimate of drug-likeness (QED) is 0.756. The fraction of sp³-hybridized carbons (Fsp3) is 0.579. The average Bonchev–Trinajstić information content (AvgIpc) is 2.50. The Morgan fingerprint density at radius 1 is 1.27 bits per heavy atom. The molecule has 5 nitrogen and oxygen atoms in total. The second kappa shape index (κ2) is 8.12. The highest BCUT2D eigenvalue weighted by Gasteiger charge is 2.29. The Kier molecular flexibility index (Phi) is 6.34. The molecule has 0 N–H and O–H groups in total. The molecule has 1 aromatic rings. The van der Waals surface area contributed by atoms with Gasteiger partial charge in [-0.05, 0) is 51.8 Å². The first kappa shape index (κ1) is 20.3. The van der Waals surface area contributed by atoms with Crippen LogP contribution in [0.1, 0.15) is 49.5 Å². The van der Waals surface area contributed by atoms with Gasteiger partial charge in [0.1, 0.15) is 17.2 Å². The molecule has 1 fully saturated rings. The number of hydrogen-bond acceptors (Lipinski definition) is 4. The first-order chi connectivity index (χ1) is 12.1. The summed E-state index contributed by atoms with van der Waals surface area (Å²) in [5.74, 6) is -2.32. The number of aryl methyl sites for hydroxylation is 1. The van der Waals surface area contributed by atoms with Crippen LogP contribution in [0.2, 0.25) is 0 Å². The van der Waals surface area contributed by atoms with E-state index in [0.717, 1.165) is 12.1 Å². The van der Waals surface area contributed by atoms with Crippen molar-refractivity contribution < 1.29 is 27.8 Å². The summed E-state index contributed by atoms with van der Waals surface area (Å²) in [6.45, 7) is 7.92. The summed E-state index contributed by atoms with van der Waals surface area (Å²) >= 11 is 0. The van der Waals surface area contributed by atoms with Crippen molar-refractivity contribution in [1.29, 1.82) is 0 Å². The van der Waals surface area contributed by atoms with Crippen molar-refractivity contribution in [3.63, 3.8) is 0 Å². The highest BCUT2D eigenvalue weighted by Crippen LogP contribution is 2.20. The molecule has 1 heterocycles. The Morgan fingerprint density at radius 3 is 2.46 bits per heavy atom. The molecule has 144 valence electrons. The molecule has 0 unspecified atom stereocenters. The van der Waals surface area contributed by atoms with Crippen LogP contribution in [0, 0.1) is 18.6 Å². The summed E-state index contributed by atoms with van der Waals surface area (Å²) in [6, 6.07) is 2.27. The molecule has 0 radical (unpaired) electrons. The number of benzene rings is 1. The normalized spacial score (nSPS) is 17.9. The van der Waals surface area contributed by atoms with Crippen LogP contribution in [0.15, 0.2) is 12.1 Å². The Labute approximate surface area is 152 Å². The molecule has 1 atom stereocenters. The van der Waals surface area contributed by atoms with Crippen molar-refractivity contribution in [3.05, 3.63) is 34.9 Å². The molecule has 26 heavy (non-hydrogen) atoms. The number of nitrogens with zero attached hydrogens (tertiary/aromatic N) is 1. The van der Waals surface area contributed by atoms with Crippen LogP contribution in [0.5, 0.6) is 0 Å². The van der Waals surface area contributed by atoms with Gasteiger partial charge in [-0.25, -0.2) is 13.6 Å². The summed E-state index contributed by atoms with van der Waals surface area (Å²) in [6.07, 6.45) is -0.612. The summed E-state index contributed by atoms with van der Waals surface area (Å²) in [5.41, 5.74) is -0.697. The zero-order chi connectivity index (χ0) is 19.5. The van der Waals surface area contributed by atoms with Crippen molar-refractivity contribution in [2.75, 3.05) is 19.7 Å². The number of carbonyl (C=O) groups is 2. The summed E-state index contributed by atoms with van der Waals surface area (Å²) in [7, 11) is 0. The van der Waals surface area contributed by atoms with Crippen molar-refractivity contribution in [2.24, 2.45) is 0 Å². The summed E-state index contributed by atoms with van der Waals surface area (Å²) in [5, 5.41) is 0. The van der Waals surface area contributed by atoms with E-state index >= 15 is 0 Å². The van der Waals surface area contributed by atoms with E-state index in [-0.39, 0.29) is 25.5 Å². The van der Waals surface area contributed by atoms with E-state index in [1.807, 2.05) is 0 Å². The molecule has 1 aliphatic heterocycles. The third kappa shape index (κ3) is 5.49. The molecule has 0 aromatic heterocycles. The van der Waals surface area contributed by atoms with Gasteiger partial charge in [0, 0.05) is 13.0 Å². The third-order valence-corrected chi connectivity index (χ3v) is 3.95. The van der Waals surface area contributed by atoms with Crippen LogP contribution in [0.4, 0.5) is 13.6 Å². The fourth-order valence-corrected chi connectivity index (χ4v) is 2.77. The molecule has 7 heteroatoms. The fourth-order valence-electron chi connectivity index (χ4n) is 2.77. The minimum atomic E-state index is -0.854. The van der Waals surface area contributed by atoms with Crippen LogP contribution in [0.25, 0.3) is 0 Å². The third-order valence-electron chi connectivity index (χ3n) is 3.95. The molecule has 0 spiro atoms. The van der Waals surface area contributed by atoms with Crippen molar-refractivity contribution in [2.45, 2.75) is 52.2 Å². The maximum absolute atomic E-state index is 13.9. The monoisotopic (exact) mass is 369 g/mol. The van der Waals surface area contributed by atoms with Gasteiger partial charge in [-0.1, -0.05) is 0 Å². The molecule has 1 saturated heterocycles. The number of halogens is 2. The van der Waals surface area contributed by atoms with Gasteiger partial charge in [0.05, 0.1) is 24.8 Å². The first-order valence-corrected chi connectivity index (χ1v) is 8.65. The minimum Gasteiger partial charge on any atom is -0.444 e. The number of Topliss-reactive ketones (excluding diaryl/α,β-unsaturated/α-hetero) is 1. The van der Waals surface area contributed by atoms with E-state index in [1.165, 1.54) is 4.90 Å². The molecular weight excluding hydrogens is 344 g/mol. The van der Waals surface area contributed by atoms with Gasteiger partial charge in [-0.15, -0.1) is 0 Å². The van der Waals surface area contributed by atoms with Gasteiger partial charge in [-0.3, -0.25) is 4.79 Å². The Balaban J connectivity index is 1.93. The molecule has 1 aromatic carbocycles. The zero-order valence-corrected chi connectivity index (χ0v) is 15.6. The summed E-state index contributed by atoms with van der Waals surface area (Å²) < 4.78 is 38.7. The van der Waals surface area contributed by atoms with E-state index in [9.17, 15) is 18.4 Å². The van der Waals surface area contributed by atoms with E-state index in [2.05, 4.69) is 0 Å². The van der Waals surface area contributed by atoms with Crippen LogP contribution < -0.4 is 0 Å². The Hall–Kier alpha value is -2.02. The van der Waals surface area contributed by atoms with Gasteiger partial charge in [-0.2, -0.15) is 0 Å². The molecule has 0 aliphatic carbocycles. The molecular formula is C19H25F2NO4. The van der Waals surface area contributed by atoms with Crippen LogP contribution >= 0.6 is 0 Å². The Bertz CT molecular complexity index is 662. The standard InChI is InChI=1S/C19H25F2NO4/c1-12-9-14(20)17(15(21)10-12)16(23)6-5-13-11-22(7-8-25-13)18(24)26-19(2,3)4/h9-10,13H,5-8,11H2,1-4H3/t13-/m0/s1. The molecule has 2 rings (SSSR count). The lowest BCUT2D eigenvalue weighted by atomic mass is 10.0. The topological polar surface area (TPSA) is 55.8 Å². The predicted octanol–water partition coefficient (Wildman–Crippen LogP) is 3.87. The number of ether oxygens (including phenoxy) is 2. The number of ketones is 1. The maximum Gasteiger partial charge on any atom is 0.410 e. The second-order valence-corrected chi connectivity index (χ2v) is 7.48. The first-order valence-electron chi connectivity index (χ1n) is 8.65. The number of amides is 1. The van der Waals surface area contributed by atoms with Crippen LogP contribution in [-0.2, 0) is 9.47 Å². The lowest BCUT2D eigenvalue weighted by molar-refractivity contribution is -0.0443. The van der Waals surface area contributed by atoms with E-state index in [1.54, 1.807) is 27.7 Å². The van der Waals surface area contributed by atoms with E-state index < -0.39 is 34.7 Å². The van der Waals surface area contributed by atoms with E-state index in [0.29, 0.717) is 18.7 Å². The highest BCUT2D eigenvalue weighted by molar-refractivity contribution is 5.96. The molecule has 0 bridgehead atoms. The van der Waals surface area contributed by atoms with Gasteiger partial charge in [0.25, 0.3) is 0 Å². The Morgan fingerprint density at radius 2 is 1.88 bits per heavy atom. The molecule has 1 amide bonds. The van der Waals surface area contributed by atoms with Crippen molar-refractivity contribution in [1.82, 2.24) is 4.90 Å². The lowest BCUT2D eigenvalue weighted by Crippen LogP contribution is -2.47. The maximum atomic E-state index is 13.9. The zero-order valence-electron chi connectivity index (χ0n) is 15.6. The van der Waals surface area contributed by atoms with Crippen molar-refractivity contribution in [3.8, 4) is 0 Å². The van der Waals surface area contributed by atoms with Crippen LogP contribution in [0.3, 0.4) is 0 Å². The lowest BCUT2D eigenvalue weighted by Gasteiger charge is -2.34. The van der Waals surface area contributed by atoms with Gasteiger partial charge in [0.2, 0.25) is 0 Å².